The molecule has 0 amide bonds. The van der Waals surface area contributed by atoms with Crippen molar-refractivity contribution in [1.82, 2.24) is 0 Å². The molecule has 1 heterocycles. The van der Waals surface area contributed by atoms with Crippen LogP contribution in [0, 0.1) is 21.4 Å². The predicted molar refractivity (Wildman–Crippen MR) is 107 cm³/mol. The first-order valence-electron chi connectivity index (χ1n) is 9.28. The number of hydrogen-bond donors (Lipinski definition) is 1. The molecule has 2 N–H and O–H groups in total. The second-order valence-corrected chi connectivity index (χ2v) is 7.00. The van der Waals surface area contributed by atoms with E-state index < -0.39 is 10.8 Å². The molecule has 0 saturated carbocycles. The zero-order chi connectivity index (χ0) is 20.5. The Balaban J connectivity index is 1.92. The zero-order valence-electron chi connectivity index (χ0n) is 15.5. The Morgan fingerprint density at radius 3 is 2.41 bits per heavy atom. The van der Waals surface area contributed by atoms with E-state index in [1.165, 1.54) is 12.1 Å². The number of hydrogen-bond acceptors (Lipinski definition) is 6. The number of carbonyl (C=O) groups excluding carboxylic acids is 1. The van der Waals surface area contributed by atoms with Gasteiger partial charge in [-0.2, -0.15) is 5.26 Å². The lowest BCUT2D eigenvalue weighted by Gasteiger charge is -2.39. The zero-order valence-corrected chi connectivity index (χ0v) is 15.5. The van der Waals surface area contributed by atoms with Gasteiger partial charge in [0.05, 0.1) is 22.5 Å². The third-order valence-electron chi connectivity index (χ3n) is 5.36. The third-order valence-corrected chi connectivity index (χ3v) is 5.36. The quantitative estimate of drug-likeness (QED) is 0.632. The lowest BCUT2D eigenvalue weighted by atomic mass is 9.75. The van der Waals surface area contributed by atoms with Gasteiger partial charge < -0.3 is 5.73 Å². The Morgan fingerprint density at radius 1 is 1.10 bits per heavy atom. The molecule has 2 aliphatic rings. The monoisotopic (exact) mass is 386 g/mol. The molecule has 144 valence electrons. The van der Waals surface area contributed by atoms with Crippen LogP contribution in [0.25, 0.3) is 0 Å². The van der Waals surface area contributed by atoms with Crippen molar-refractivity contribution in [2.75, 3.05) is 4.90 Å². The normalized spacial score (nSPS) is 19.1. The molecule has 1 aliphatic carbocycles. The first-order valence-corrected chi connectivity index (χ1v) is 9.28. The first-order chi connectivity index (χ1) is 14.0. The largest absolute Gasteiger partial charge is 0.384 e. The molecule has 1 atom stereocenters. The highest BCUT2D eigenvalue weighted by Crippen LogP contribution is 2.46. The Bertz CT molecular complexity index is 1100. The van der Waals surface area contributed by atoms with Gasteiger partial charge >= 0.3 is 0 Å². The van der Waals surface area contributed by atoms with Gasteiger partial charge in [-0.05, 0) is 30.5 Å². The number of rotatable bonds is 3. The topological polar surface area (TPSA) is 113 Å². The molecule has 0 radical (unpaired) electrons. The van der Waals surface area contributed by atoms with Crippen LogP contribution in [0.5, 0.6) is 0 Å². The van der Waals surface area contributed by atoms with Crippen LogP contribution in [0.3, 0.4) is 0 Å². The van der Waals surface area contributed by atoms with Gasteiger partial charge in [-0.25, -0.2) is 0 Å². The lowest BCUT2D eigenvalue weighted by Crippen LogP contribution is -2.38. The van der Waals surface area contributed by atoms with E-state index in [1.54, 1.807) is 17.0 Å². The number of nitrogens with zero attached hydrogens (tertiary/aromatic N) is 3. The molecule has 7 nitrogen and oxygen atoms in total. The second-order valence-electron chi connectivity index (χ2n) is 7.00. The maximum absolute atomic E-state index is 13.0. The number of benzene rings is 2. The van der Waals surface area contributed by atoms with Crippen molar-refractivity contribution in [3.05, 3.63) is 92.9 Å². The van der Waals surface area contributed by atoms with Crippen LogP contribution in [0.2, 0.25) is 0 Å². The van der Waals surface area contributed by atoms with Gasteiger partial charge in [0.25, 0.3) is 5.69 Å². The average Bonchev–Trinajstić information content (AvgIpc) is 2.74. The number of carbonyl (C=O) groups is 1. The van der Waals surface area contributed by atoms with Crippen LogP contribution in [0.4, 0.5) is 11.4 Å². The Morgan fingerprint density at radius 2 is 1.79 bits per heavy atom. The van der Waals surface area contributed by atoms with Crippen LogP contribution in [-0.4, -0.2) is 10.7 Å². The summed E-state index contributed by atoms with van der Waals surface area (Å²) < 4.78 is 0. The van der Waals surface area contributed by atoms with Crippen molar-refractivity contribution in [3.63, 3.8) is 0 Å². The molecule has 0 fully saturated rings. The molecule has 2 aromatic rings. The third kappa shape index (κ3) is 3.05. The number of allylic oxidation sites excluding steroid dienone is 3. The smallest absolute Gasteiger partial charge is 0.269 e. The minimum absolute atomic E-state index is 0.00673. The number of nitrogens with two attached hydrogens (primary N) is 1. The molecular weight excluding hydrogens is 368 g/mol. The SMILES string of the molecule is N#CC1=C(N)N(c2ccc([N+](=O)[O-])cc2)C2=C(C(=O)CCC2)[C@H]1c1ccccc1. The summed E-state index contributed by atoms with van der Waals surface area (Å²) in [7, 11) is 0. The summed E-state index contributed by atoms with van der Waals surface area (Å²) in [5, 5.41) is 20.9. The molecule has 0 aromatic heterocycles. The van der Waals surface area contributed by atoms with E-state index in [1.807, 2.05) is 30.3 Å². The fourth-order valence-corrected chi connectivity index (χ4v) is 4.08. The average molecular weight is 386 g/mol. The number of nitro groups is 1. The van der Waals surface area contributed by atoms with E-state index in [4.69, 9.17) is 5.73 Å². The van der Waals surface area contributed by atoms with Gasteiger partial charge in [-0.3, -0.25) is 19.8 Å². The van der Waals surface area contributed by atoms with E-state index in [-0.39, 0.29) is 17.3 Å². The standard InChI is InChI=1S/C22H18N4O3/c23-13-17-20(14-5-2-1-3-6-14)21-18(7-4-8-19(21)27)25(22(17)24)15-9-11-16(12-10-15)26(28)29/h1-3,5-6,9-12,20H,4,7-8,24H2/t20-/m0/s1. The number of non-ortho nitro benzene ring substituents is 1. The van der Waals surface area contributed by atoms with Gasteiger partial charge in [0.1, 0.15) is 5.82 Å². The fourth-order valence-electron chi connectivity index (χ4n) is 4.08. The van der Waals surface area contributed by atoms with Crippen LogP contribution in [-0.2, 0) is 4.79 Å². The Hall–Kier alpha value is -3.92. The minimum atomic E-state index is -0.502. The van der Waals surface area contributed by atoms with E-state index in [0.29, 0.717) is 36.1 Å². The van der Waals surface area contributed by atoms with Crippen LogP contribution >= 0.6 is 0 Å². The van der Waals surface area contributed by atoms with Crippen molar-refractivity contribution >= 4 is 17.2 Å². The summed E-state index contributed by atoms with van der Waals surface area (Å²) in [6.07, 6.45) is 1.76. The van der Waals surface area contributed by atoms with Gasteiger partial charge in [0, 0.05) is 35.5 Å². The number of nitriles is 1. The van der Waals surface area contributed by atoms with Crippen molar-refractivity contribution in [2.24, 2.45) is 5.73 Å². The molecule has 4 rings (SSSR count). The maximum atomic E-state index is 13.0. The summed E-state index contributed by atoms with van der Waals surface area (Å²) in [6, 6.07) is 17.6. The van der Waals surface area contributed by atoms with Crippen molar-refractivity contribution in [3.8, 4) is 6.07 Å². The molecule has 29 heavy (non-hydrogen) atoms. The molecule has 0 unspecified atom stereocenters. The second kappa shape index (κ2) is 7.24. The van der Waals surface area contributed by atoms with Gasteiger partial charge in [-0.1, -0.05) is 30.3 Å². The van der Waals surface area contributed by atoms with Gasteiger partial charge in [-0.15, -0.1) is 0 Å². The fraction of sp³-hybridized carbons (Fsp3) is 0.182. The van der Waals surface area contributed by atoms with Crippen molar-refractivity contribution < 1.29 is 9.72 Å². The highest BCUT2D eigenvalue weighted by atomic mass is 16.6. The molecular formula is C22H18N4O3. The maximum Gasteiger partial charge on any atom is 0.269 e. The van der Waals surface area contributed by atoms with Gasteiger partial charge in [0.2, 0.25) is 0 Å². The van der Waals surface area contributed by atoms with E-state index in [9.17, 15) is 20.2 Å². The van der Waals surface area contributed by atoms with E-state index >= 15 is 0 Å². The molecule has 1 aliphatic heterocycles. The van der Waals surface area contributed by atoms with Crippen molar-refractivity contribution in [2.45, 2.75) is 25.2 Å². The summed E-state index contributed by atoms with van der Waals surface area (Å²) in [5.74, 6) is -0.241. The molecule has 0 bridgehead atoms. The van der Waals surface area contributed by atoms with Crippen molar-refractivity contribution in [1.29, 1.82) is 5.26 Å². The van der Waals surface area contributed by atoms with E-state index in [2.05, 4.69) is 6.07 Å². The molecule has 0 saturated heterocycles. The summed E-state index contributed by atoms with van der Waals surface area (Å²) in [5.41, 5.74) is 9.51. The van der Waals surface area contributed by atoms with Crippen LogP contribution in [0.1, 0.15) is 30.7 Å². The molecule has 0 spiro atoms. The number of anilines is 1. The predicted octanol–water partition coefficient (Wildman–Crippen LogP) is 3.90. The highest BCUT2D eigenvalue weighted by molar-refractivity contribution is 6.01. The Kier molecular flexibility index (Phi) is 4.61. The highest BCUT2D eigenvalue weighted by Gasteiger charge is 2.40. The summed E-state index contributed by atoms with van der Waals surface area (Å²) in [4.78, 5) is 25.2. The lowest BCUT2D eigenvalue weighted by molar-refractivity contribution is -0.384. The summed E-state index contributed by atoms with van der Waals surface area (Å²) in [6.45, 7) is 0. The number of nitro benzene ring substituents is 1. The van der Waals surface area contributed by atoms with Crippen LogP contribution < -0.4 is 10.6 Å². The van der Waals surface area contributed by atoms with Crippen LogP contribution in [0.15, 0.2) is 77.3 Å². The molecule has 2 aromatic carbocycles. The summed E-state index contributed by atoms with van der Waals surface area (Å²) >= 11 is 0. The number of Topliss-reactive ketones (excluding diaryl/α,β-unsaturated/α-hetero) is 1. The van der Waals surface area contributed by atoms with E-state index in [0.717, 1.165) is 11.3 Å². The molecule has 7 heteroatoms. The van der Waals surface area contributed by atoms with Gasteiger partial charge in [0.15, 0.2) is 5.78 Å². The minimum Gasteiger partial charge on any atom is -0.384 e. The number of ketones is 1. The first kappa shape index (κ1) is 18.4. The Labute approximate surface area is 167 Å².